The van der Waals surface area contributed by atoms with Crippen molar-refractivity contribution in [2.24, 2.45) is 7.05 Å². The first-order valence-corrected chi connectivity index (χ1v) is 9.39. The van der Waals surface area contributed by atoms with E-state index < -0.39 is 0 Å². The maximum Gasteiger partial charge on any atom is 0.275 e. The number of rotatable bonds is 4. The van der Waals surface area contributed by atoms with Gasteiger partial charge in [0.2, 0.25) is 4.96 Å². The van der Waals surface area contributed by atoms with E-state index in [0.29, 0.717) is 10.7 Å². The first-order chi connectivity index (χ1) is 11.7. The fourth-order valence-electron chi connectivity index (χ4n) is 2.50. The standard InChI is InChI=1S/C16H15N5OS2/c1-3-13-19-21-14(22)8-10(17-16(21)24-13)9-23-15-18-11-6-4-5-7-12(11)20(15)2/h4-8H,3,9H2,1-2H3. The van der Waals surface area contributed by atoms with E-state index in [1.165, 1.54) is 15.9 Å². The molecule has 0 spiro atoms. The number of nitrogens with zero attached hydrogens (tertiary/aromatic N) is 5. The molecule has 4 rings (SSSR count). The van der Waals surface area contributed by atoms with Crippen molar-refractivity contribution in [1.82, 2.24) is 24.1 Å². The van der Waals surface area contributed by atoms with Crippen molar-refractivity contribution < 1.29 is 0 Å². The number of thioether (sulfide) groups is 1. The molecule has 4 aromatic rings. The third-order valence-corrected chi connectivity index (χ3v) is 5.85. The van der Waals surface area contributed by atoms with E-state index in [9.17, 15) is 4.79 Å². The summed E-state index contributed by atoms with van der Waals surface area (Å²) >= 11 is 3.05. The van der Waals surface area contributed by atoms with E-state index in [0.717, 1.165) is 33.3 Å². The van der Waals surface area contributed by atoms with Crippen molar-refractivity contribution >= 4 is 39.1 Å². The van der Waals surface area contributed by atoms with Gasteiger partial charge in [0.15, 0.2) is 5.16 Å². The molecule has 122 valence electrons. The van der Waals surface area contributed by atoms with E-state index in [-0.39, 0.29) is 5.56 Å². The van der Waals surface area contributed by atoms with Crippen LogP contribution < -0.4 is 5.56 Å². The van der Waals surface area contributed by atoms with Crippen molar-refractivity contribution in [1.29, 1.82) is 0 Å². The lowest BCUT2D eigenvalue weighted by Crippen LogP contribution is -2.15. The van der Waals surface area contributed by atoms with Crippen molar-refractivity contribution in [3.05, 3.63) is 51.4 Å². The molecule has 24 heavy (non-hydrogen) atoms. The Balaban J connectivity index is 1.64. The number of benzene rings is 1. The summed E-state index contributed by atoms with van der Waals surface area (Å²) in [7, 11) is 2.00. The lowest BCUT2D eigenvalue weighted by atomic mass is 10.3. The van der Waals surface area contributed by atoms with Gasteiger partial charge in [-0.05, 0) is 18.6 Å². The molecule has 0 saturated heterocycles. The molecule has 0 unspecified atom stereocenters. The highest BCUT2D eigenvalue weighted by Gasteiger charge is 2.11. The van der Waals surface area contributed by atoms with E-state index in [4.69, 9.17) is 0 Å². The number of aryl methyl sites for hydroxylation is 2. The Morgan fingerprint density at radius 3 is 2.88 bits per heavy atom. The third kappa shape index (κ3) is 2.61. The van der Waals surface area contributed by atoms with Gasteiger partial charge in [-0.25, -0.2) is 9.97 Å². The predicted molar refractivity (Wildman–Crippen MR) is 96.8 cm³/mol. The van der Waals surface area contributed by atoms with Crippen molar-refractivity contribution in [3.63, 3.8) is 0 Å². The zero-order valence-corrected chi connectivity index (χ0v) is 14.9. The van der Waals surface area contributed by atoms with E-state index in [1.807, 2.05) is 38.2 Å². The van der Waals surface area contributed by atoms with Gasteiger partial charge in [0, 0.05) is 18.9 Å². The first kappa shape index (κ1) is 15.3. The molecule has 3 aromatic heterocycles. The lowest BCUT2D eigenvalue weighted by Gasteiger charge is -2.02. The maximum atomic E-state index is 12.2. The molecule has 0 saturated carbocycles. The Morgan fingerprint density at radius 2 is 2.08 bits per heavy atom. The Hall–Kier alpha value is -2.19. The van der Waals surface area contributed by atoms with Gasteiger partial charge in [0.05, 0.1) is 16.7 Å². The molecule has 0 atom stereocenters. The van der Waals surface area contributed by atoms with E-state index in [2.05, 4.69) is 19.6 Å². The zero-order valence-electron chi connectivity index (χ0n) is 13.3. The maximum absolute atomic E-state index is 12.2. The molecule has 8 heteroatoms. The fourth-order valence-corrected chi connectivity index (χ4v) is 4.24. The highest BCUT2D eigenvalue weighted by Crippen LogP contribution is 2.25. The molecule has 0 aliphatic heterocycles. The average molecular weight is 357 g/mol. The highest BCUT2D eigenvalue weighted by atomic mass is 32.2. The van der Waals surface area contributed by atoms with Crippen LogP contribution in [0, 0.1) is 0 Å². The monoisotopic (exact) mass is 357 g/mol. The van der Waals surface area contributed by atoms with Crippen LogP contribution in [0.2, 0.25) is 0 Å². The summed E-state index contributed by atoms with van der Waals surface area (Å²) in [6, 6.07) is 9.59. The Labute approximate surface area is 146 Å². The summed E-state index contributed by atoms with van der Waals surface area (Å²) in [5.41, 5.74) is 2.69. The summed E-state index contributed by atoms with van der Waals surface area (Å²) in [5, 5.41) is 6.10. The Morgan fingerprint density at radius 1 is 1.25 bits per heavy atom. The normalized spacial score (nSPS) is 11.6. The number of aromatic nitrogens is 5. The van der Waals surface area contributed by atoms with Crippen LogP contribution in [-0.2, 0) is 19.2 Å². The van der Waals surface area contributed by atoms with Crippen LogP contribution in [-0.4, -0.2) is 24.1 Å². The molecule has 0 amide bonds. The molecular formula is C16H15N5OS2. The number of para-hydroxylation sites is 2. The van der Waals surface area contributed by atoms with E-state index >= 15 is 0 Å². The van der Waals surface area contributed by atoms with Gasteiger partial charge in [-0.1, -0.05) is 42.2 Å². The summed E-state index contributed by atoms with van der Waals surface area (Å²) in [5.74, 6) is 0.599. The number of hydrogen-bond donors (Lipinski definition) is 0. The number of imidazole rings is 1. The van der Waals surface area contributed by atoms with Crippen molar-refractivity contribution in [2.75, 3.05) is 0 Å². The second kappa shape index (κ2) is 6.03. The van der Waals surface area contributed by atoms with Crippen LogP contribution in [0.15, 0.2) is 40.3 Å². The van der Waals surface area contributed by atoms with Gasteiger partial charge in [-0.15, -0.1) is 0 Å². The van der Waals surface area contributed by atoms with Gasteiger partial charge < -0.3 is 4.57 Å². The van der Waals surface area contributed by atoms with Gasteiger partial charge in [-0.2, -0.15) is 9.61 Å². The Bertz CT molecular complexity index is 1090. The molecule has 1 aromatic carbocycles. The number of hydrogen-bond acceptors (Lipinski definition) is 6. The molecule has 0 radical (unpaired) electrons. The summed E-state index contributed by atoms with van der Waals surface area (Å²) in [4.78, 5) is 22.0. The largest absolute Gasteiger partial charge is 0.322 e. The molecule has 0 aliphatic carbocycles. The molecule has 3 heterocycles. The molecule has 0 bridgehead atoms. The minimum Gasteiger partial charge on any atom is -0.322 e. The van der Waals surface area contributed by atoms with Gasteiger partial charge in [0.25, 0.3) is 5.56 Å². The molecule has 6 nitrogen and oxygen atoms in total. The average Bonchev–Trinajstić information content (AvgIpc) is 3.15. The summed E-state index contributed by atoms with van der Waals surface area (Å²) in [6.45, 7) is 2.02. The fraction of sp³-hybridized carbons (Fsp3) is 0.250. The van der Waals surface area contributed by atoms with Crippen LogP contribution in [0.25, 0.3) is 16.0 Å². The molecule has 0 aliphatic rings. The Kier molecular flexibility index (Phi) is 3.85. The van der Waals surface area contributed by atoms with Gasteiger partial charge in [-0.3, -0.25) is 4.79 Å². The minimum absolute atomic E-state index is 0.128. The second-order valence-electron chi connectivity index (χ2n) is 5.36. The first-order valence-electron chi connectivity index (χ1n) is 7.58. The SMILES string of the molecule is CCc1nn2c(=O)cc(CSc3nc4ccccc4n3C)nc2s1. The van der Waals surface area contributed by atoms with Crippen LogP contribution in [0.3, 0.4) is 0 Å². The predicted octanol–water partition coefficient (Wildman–Crippen LogP) is 2.89. The summed E-state index contributed by atoms with van der Waals surface area (Å²) in [6.07, 6.45) is 0.803. The molecule has 0 fully saturated rings. The molecule has 0 N–H and O–H groups in total. The van der Waals surface area contributed by atoms with Crippen molar-refractivity contribution in [3.8, 4) is 0 Å². The zero-order chi connectivity index (χ0) is 16.7. The number of fused-ring (bicyclic) bond motifs is 2. The van der Waals surface area contributed by atoms with E-state index in [1.54, 1.807) is 17.8 Å². The highest BCUT2D eigenvalue weighted by molar-refractivity contribution is 7.98. The van der Waals surface area contributed by atoms with Crippen molar-refractivity contribution in [2.45, 2.75) is 24.3 Å². The topological polar surface area (TPSA) is 65.1 Å². The van der Waals surface area contributed by atoms with Crippen LogP contribution in [0.4, 0.5) is 0 Å². The quantitative estimate of drug-likeness (QED) is 0.526. The molecular weight excluding hydrogens is 342 g/mol. The van der Waals surface area contributed by atoms with Crippen LogP contribution >= 0.6 is 23.1 Å². The minimum atomic E-state index is -0.128. The smallest absolute Gasteiger partial charge is 0.275 e. The van der Waals surface area contributed by atoms with Crippen LogP contribution in [0.1, 0.15) is 17.6 Å². The lowest BCUT2D eigenvalue weighted by molar-refractivity contribution is 0.814. The van der Waals surface area contributed by atoms with Gasteiger partial charge in [0.1, 0.15) is 5.01 Å². The summed E-state index contributed by atoms with van der Waals surface area (Å²) < 4.78 is 3.44. The third-order valence-electron chi connectivity index (χ3n) is 3.74. The van der Waals surface area contributed by atoms with Gasteiger partial charge >= 0.3 is 0 Å². The van der Waals surface area contributed by atoms with Crippen LogP contribution in [0.5, 0.6) is 0 Å². The second-order valence-corrected chi connectivity index (χ2v) is 7.34.